The highest BCUT2D eigenvalue weighted by Crippen LogP contribution is 2.43. The highest BCUT2D eigenvalue weighted by Gasteiger charge is 2.33. The SMILES string of the molecule is COC(=O)c1ccc(Cn2c(C3CCN(c4c(F)cc5c(=O)c(C(=O)O)cn6c5c4OC[C@@H]6C)CC3)nc3ccccc32)cc1. The molecule has 0 aliphatic carbocycles. The molecule has 2 aliphatic rings. The molecule has 10 nitrogen and oxygen atoms in total. The lowest BCUT2D eigenvalue weighted by Crippen LogP contribution is -2.36. The Kier molecular flexibility index (Phi) is 7.03. The van der Waals surface area contributed by atoms with Crippen molar-refractivity contribution in [2.24, 2.45) is 0 Å². The molecule has 7 rings (SSSR count). The second kappa shape index (κ2) is 11.1. The molecular formula is C34H31FN4O6. The van der Waals surface area contributed by atoms with Crippen LogP contribution in [0.25, 0.3) is 21.9 Å². The number of hydrogen-bond acceptors (Lipinski definition) is 7. The van der Waals surface area contributed by atoms with E-state index in [9.17, 15) is 19.5 Å². The first-order valence-corrected chi connectivity index (χ1v) is 14.9. The van der Waals surface area contributed by atoms with E-state index in [2.05, 4.69) is 4.57 Å². The molecule has 0 radical (unpaired) electrons. The number of aromatic nitrogens is 3. The molecule has 230 valence electrons. The number of hydrogen-bond donors (Lipinski definition) is 1. The lowest BCUT2D eigenvalue weighted by Gasteiger charge is -2.36. The zero-order valence-corrected chi connectivity index (χ0v) is 24.8. The van der Waals surface area contributed by atoms with E-state index in [1.165, 1.54) is 13.3 Å². The van der Waals surface area contributed by atoms with E-state index in [1.807, 2.05) is 48.2 Å². The molecule has 0 spiro atoms. The second-order valence-corrected chi connectivity index (χ2v) is 11.7. The molecule has 0 saturated carbocycles. The van der Waals surface area contributed by atoms with Crippen LogP contribution in [0.2, 0.25) is 0 Å². The van der Waals surface area contributed by atoms with Gasteiger partial charge in [0.25, 0.3) is 0 Å². The number of pyridine rings is 1. The van der Waals surface area contributed by atoms with Gasteiger partial charge in [-0.25, -0.2) is 19.0 Å². The minimum absolute atomic E-state index is 0.000854. The predicted molar refractivity (Wildman–Crippen MR) is 166 cm³/mol. The van der Waals surface area contributed by atoms with Crippen LogP contribution in [0.1, 0.15) is 63.8 Å². The Hall–Kier alpha value is -5.19. The van der Waals surface area contributed by atoms with Gasteiger partial charge in [-0.1, -0.05) is 24.3 Å². The molecule has 0 bridgehead atoms. The molecule has 11 heteroatoms. The number of ether oxygens (including phenoxy) is 2. The van der Waals surface area contributed by atoms with Crippen molar-refractivity contribution < 1.29 is 28.6 Å². The molecule has 1 fully saturated rings. The fourth-order valence-electron chi connectivity index (χ4n) is 6.64. The summed E-state index contributed by atoms with van der Waals surface area (Å²) < 4.78 is 30.6. The van der Waals surface area contributed by atoms with Crippen LogP contribution < -0.4 is 15.1 Å². The Morgan fingerprint density at radius 3 is 2.56 bits per heavy atom. The molecule has 3 aromatic carbocycles. The molecule has 5 aromatic rings. The van der Waals surface area contributed by atoms with Crippen molar-refractivity contribution in [2.45, 2.75) is 38.3 Å². The Balaban J connectivity index is 1.20. The summed E-state index contributed by atoms with van der Waals surface area (Å²) in [4.78, 5) is 43.6. The Morgan fingerprint density at radius 1 is 1.11 bits per heavy atom. The van der Waals surface area contributed by atoms with Crippen LogP contribution in [-0.2, 0) is 11.3 Å². The maximum Gasteiger partial charge on any atom is 0.341 e. The number of rotatable bonds is 6. The highest BCUT2D eigenvalue weighted by atomic mass is 19.1. The number of piperidine rings is 1. The summed E-state index contributed by atoms with van der Waals surface area (Å²) in [5.41, 5.74) is 3.01. The van der Waals surface area contributed by atoms with E-state index in [4.69, 9.17) is 14.5 Å². The van der Waals surface area contributed by atoms with Crippen molar-refractivity contribution in [2.75, 3.05) is 31.7 Å². The standard InChI is InChI=1S/C34H31FN4O6/c1-19-18-45-31-28-23(30(40)24(33(41)42)17-38(19)28)15-25(35)29(31)37-13-11-21(12-14-37)32-36-26-5-3-4-6-27(26)39(32)16-20-7-9-22(10-8-20)34(43)44-2/h3-10,15,17,19,21H,11-14,16,18H2,1-2H3,(H,41,42)/t19-/m0/s1. The Labute approximate surface area is 257 Å². The number of carbonyl (C=O) groups is 2. The van der Waals surface area contributed by atoms with Crippen LogP contribution >= 0.6 is 0 Å². The molecule has 0 amide bonds. The van der Waals surface area contributed by atoms with Gasteiger partial charge in [0.15, 0.2) is 11.6 Å². The number of esters is 1. The van der Waals surface area contributed by atoms with Crippen molar-refractivity contribution >= 4 is 39.6 Å². The van der Waals surface area contributed by atoms with Crippen LogP contribution in [0.15, 0.2) is 65.6 Å². The van der Waals surface area contributed by atoms with Gasteiger partial charge in [-0.05, 0) is 55.7 Å². The molecule has 0 unspecified atom stereocenters. The van der Waals surface area contributed by atoms with Crippen molar-refractivity contribution in [1.82, 2.24) is 14.1 Å². The molecule has 4 heterocycles. The minimum atomic E-state index is -1.35. The number of para-hydroxylation sites is 2. The van der Waals surface area contributed by atoms with E-state index in [-0.39, 0.29) is 35.7 Å². The number of carboxylic acids is 1. The molecular weight excluding hydrogens is 579 g/mol. The number of halogens is 1. The van der Waals surface area contributed by atoms with Gasteiger partial charge < -0.3 is 28.6 Å². The normalized spacial score (nSPS) is 16.6. The maximum atomic E-state index is 15.8. The van der Waals surface area contributed by atoms with Gasteiger partial charge in [0.2, 0.25) is 5.43 Å². The number of fused-ring (bicyclic) bond motifs is 1. The molecule has 1 N–H and O–H groups in total. The number of nitrogens with zero attached hydrogens (tertiary/aromatic N) is 4. The van der Waals surface area contributed by atoms with Gasteiger partial charge in [-0.2, -0.15) is 0 Å². The number of methoxy groups -OCH3 is 1. The average molecular weight is 611 g/mol. The summed E-state index contributed by atoms with van der Waals surface area (Å²) in [7, 11) is 1.36. The number of imidazole rings is 1. The van der Waals surface area contributed by atoms with Crippen molar-refractivity contribution in [3.05, 3.63) is 99.3 Å². The first-order chi connectivity index (χ1) is 21.7. The smallest absolute Gasteiger partial charge is 0.341 e. The number of carboxylic acid groups (broad SMARTS) is 1. The van der Waals surface area contributed by atoms with Gasteiger partial charge >= 0.3 is 11.9 Å². The summed E-state index contributed by atoms with van der Waals surface area (Å²) in [6.07, 6.45) is 2.76. The third-order valence-corrected chi connectivity index (χ3v) is 8.95. The summed E-state index contributed by atoms with van der Waals surface area (Å²) in [6.45, 7) is 3.73. The number of carbonyl (C=O) groups excluding carboxylic acids is 1. The van der Waals surface area contributed by atoms with Gasteiger partial charge in [0.1, 0.15) is 23.7 Å². The maximum absolute atomic E-state index is 15.8. The zero-order valence-electron chi connectivity index (χ0n) is 24.8. The van der Waals surface area contributed by atoms with Gasteiger partial charge in [-0.3, -0.25) is 4.79 Å². The van der Waals surface area contributed by atoms with Crippen LogP contribution in [0.4, 0.5) is 10.1 Å². The highest BCUT2D eigenvalue weighted by molar-refractivity contribution is 5.97. The van der Waals surface area contributed by atoms with Crippen LogP contribution in [-0.4, -0.2) is 58.0 Å². The van der Waals surface area contributed by atoms with E-state index in [0.717, 1.165) is 28.5 Å². The molecule has 1 atom stereocenters. The zero-order chi connectivity index (χ0) is 31.4. The van der Waals surface area contributed by atoms with Crippen LogP contribution in [0.5, 0.6) is 5.75 Å². The third-order valence-electron chi connectivity index (χ3n) is 8.95. The Morgan fingerprint density at radius 2 is 1.84 bits per heavy atom. The quantitative estimate of drug-likeness (QED) is 0.256. The van der Waals surface area contributed by atoms with Crippen LogP contribution in [0.3, 0.4) is 0 Å². The lowest BCUT2D eigenvalue weighted by molar-refractivity contribution is 0.0599. The summed E-state index contributed by atoms with van der Waals surface area (Å²) in [6, 6.07) is 16.3. The molecule has 2 aliphatic heterocycles. The lowest BCUT2D eigenvalue weighted by atomic mass is 9.94. The number of anilines is 1. The number of benzene rings is 3. The molecule has 45 heavy (non-hydrogen) atoms. The summed E-state index contributed by atoms with van der Waals surface area (Å²) >= 11 is 0. The van der Waals surface area contributed by atoms with E-state index >= 15 is 4.39 Å². The molecule has 1 saturated heterocycles. The summed E-state index contributed by atoms with van der Waals surface area (Å²) in [5, 5.41) is 9.58. The fourth-order valence-corrected chi connectivity index (χ4v) is 6.64. The molecule has 2 aromatic heterocycles. The van der Waals surface area contributed by atoms with Crippen molar-refractivity contribution in [1.29, 1.82) is 0 Å². The van der Waals surface area contributed by atoms with Gasteiger partial charge in [0, 0.05) is 31.7 Å². The van der Waals surface area contributed by atoms with Crippen molar-refractivity contribution in [3.8, 4) is 5.75 Å². The largest absolute Gasteiger partial charge is 0.487 e. The predicted octanol–water partition coefficient (Wildman–Crippen LogP) is 5.36. The van der Waals surface area contributed by atoms with Gasteiger partial charge in [-0.15, -0.1) is 0 Å². The second-order valence-electron chi connectivity index (χ2n) is 11.7. The fraction of sp³-hybridized carbons (Fsp3) is 0.294. The first kappa shape index (κ1) is 28.6. The average Bonchev–Trinajstić information content (AvgIpc) is 3.41. The van der Waals surface area contributed by atoms with E-state index in [1.54, 1.807) is 16.7 Å². The number of aromatic carboxylic acids is 1. The Bertz CT molecular complexity index is 2040. The van der Waals surface area contributed by atoms with E-state index < -0.39 is 22.8 Å². The summed E-state index contributed by atoms with van der Waals surface area (Å²) in [5.74, 6) is -1.00. The topological polar surface area (TPSA) is 116 Å². The van der Waals surface area contributed by atoms with E-state index in [0.29, 0.717) is 49.2 Å². The van der Waals surface area contributed by atoms with Crippen molar-refractivity contribution in [3.63, 3.8) is 0 Å². The van der Waals surface area contributed by atoms with Gasteiger partial charge in [0.05, 0.1) is 40.7 Å². The minimum Gasteiger partial charge on any atom is -0.487 e. The monoisotopic (exact) mass is 610 g/mol. The van der Waals surface area contributed by atoms with Crippen LogP contribution in [0, 0.1) is 5.82 Å². The third kappa shape index (κ3) is 4.79. The first-order valence-electron chi connectivity index (χ1n) is 14.9.